The summed E-state index contributed by atoms with van der Waals surface area (Å²) in [4.78, 5) is 36.7. The molecule has 0 aromatic heterocycles. The quantitative estimate of drug-likeness (QED) is 0.213. The van der Waals surface area contributed by atoms with Crippen LogP contribution in [0.2, 0.25) is 0 Å². The number of ether oxygens (including phenoxy) is 3. The van der Waals surface area contributed by atoms with Gasteiger partial charge >= 0.3 is 11.8 Å². The van der Waals surface area contributed by atoms with Crippen molar-refractivity contribution in [2.75, 3.05) is 31.0 Å². The second kappa shape index (κ2) is 13.4. The Morgan fingerprint density at radius 2 is 1.61 bits per heavy atom. The van der Waals surface area contributed by atoms with Gasteiger partial charge in [0.25, 0.3) is 5.91 Å². The highest BCUT2D eigenvalue weighted by Crippen LogP contribution is 2.28. The van der Waals surface area contributed by atoms with Gasteiger partial charge in [0, 0.05) is 5.69 Å². The highest BCUT2D eigenvalue weighted by atomic mass is 16.5. The van der Waals surface area contributed by atoms with Gasteiger partial charge < -0.3 is 24.8 Å². The van der Waals surface area contributed by atoms with Crippen molar-refractivity contribution in [2.45, 2.75) is 20.8 Å². The molecule has 0 spiro atoms. The monoisotopic (exact) mass is 518 g/mol. The van der Waals surface area contributed by atoms with Crippen molar-refractivity contribution in [1.82, 2.24) is 5.43 Å². The molecule has 0 aliphatic carbocycles. The minimum atomic E-state index is -0.950. The Morgan fingerprint density at radius 3 is 2.37 bits per heavy atom. The molecule has 0 saturated carbocycles. The van der Waals surface area contributed by atoms with Crippen LogP contribution in [0.25, 0.3) is 0 Å². The van der Waals surface area contributed by atoms with Crippen LogP contribution in [-0.2, 0) is 14.4 Å². The van der Waals surface area contributed by atoms with Gasteiger partial charge in [-0.15, -0.1) is 0 Å². The van der Waals surface area contributed by atoms with Crippen LogP contribution in [0.4, 0.5) is 11.4 Å². The number of anilines is 2. The first-order valence-corrected chi connectivity index (χ1v) is 11.9. The van der Waals surface area contributed by atoms with Crippen molar-refractivity contribution >= 4 is 35.3 Å². The number of hydrogen-bond acceptors (Lipinski definition) is 7. The molecule has 10 nitrogen and oxygen atoms in total. The zero-order chi connectivity index (χ0) is 27.5. The van der Waals surface area contributed by atoms with Crippen LogP contribution < -0.4 is 30.3 Å². The van der Waals surface area contributed by atoms with Crippen molar-refractivity contribution in [3.8, 4) is 17.2 Å². The van der Waals surface area contributed by atoms with Crippen LogP contribution in [0.5, 0.6) is 17.2 Å². The number of para-hydroxylation sites is 2. The summed E-state index contributed by atoms with van der Waals surface area (Å²) < 4.78 is 16.4. The van der Waals surface area contributed by atoms with E-state index in [1.807, 2.05) is 39.0 Å². The smallest absolute Gasteiger partial charge is 0.329 e. The maximum atomic E-state index is 12.4. The zero-order valence-corrected chi connectivity index (χ0v) is 21.7. The highest BCUT2D eigenvalue weighted by molar-refractivity contribution is 6.39. The molecule has 3 aromatic carbocycles. The second-order valence-electron chi connectivity index (χ2n) is 8.08. The molecule has 0 bridgehead atoms. The number of nitrogens with zero attached hydrogens (tertiary/aromatic N) is 1. The lowest BCUT2D eigenvalue weighted by Crippen LogP contribution is -2.32. The minimum absolute atomic E-state index is 0.214. The molecule has 0 fully saturated rings. The van der Waals surface area contributed by atoms with Gasteiger partial charge in [0.1, 0.15) is 5.75 Å². The standard InChI is InChI=1S/C28H30N4O6/c1-5-37-23-12-7-6-10-22(23)31-27(34)28(35)32-29-16-20-13-14-24(25(15-20)36-4)38-17-26(33)30-21-11-8-9-18(2)19(21)3/h6-16H,5,17H2,1-4H3,(H,30,33)(H,31,34)(H,32,35)/b29-16-. The van der Waals surface area contributed by atoms with Crippen LogP contribution in [0.15, 0.2) is 65.8 Å². The molecule has 0 saturated heterocycles. The van der Waals surface area contributed by atoms with E-state index in [2.05, 4.69) is 21.2 Å². The van der Waals surface area contributed by atoms with Crippen molar-refractivity contribution in [2.24, 2.45) is 5.10 Å². The summed E-state index contributed by atoms with van der Waals surface area (Å²) in [6, 6.07) is 17.4. The Hall–Kier alpha value is -4.86. The van der Waals surface area contributed by atoms with Gasteiger partial charge in [0.05, 0.1) is 25.6 Å². The number of aryl methyl sites for hydroxylation is 1. The van der Waals surface area contributed by atoms with E-state index in [0.717, 1.165) is 16.8 Å². The predicted octanol–water partition coefficient (Wildman–Crippen LogP) is 3.82. The Balaban J connectivity index is 1.55. The molecular formula is C28H30N4O6. The van der Waals surface area contributed by atoms with Gasteiger partial charge in [-0.3, -0.25) is 14.4 Å². The molecule has 3 amide bonds. The Bertz CT molecular complexity index is 1340. The van der Waals surface area contributed by atoms with Gasteiger partial charge in [-0.1, -0.05) is 24.3 Å². The second-order valence-corrected chi connectivity index (χ2v) is 8.08. The maximum absolute atomic E-state index is 12.4. The molecule has 0 aliphatic rings. The third kappa shape index (κ3) is 7.57. The summed E-state index contributed by atoms with van der Waals surface area (Å²) in [5, 5.41) is 9.16. The van der Waals surface area contributed by atoms with E-state index in [9.17, 15) is 14.4 Å². The zero-order valence-electron chi connectivity index (χ0n) is 21.7. The Labute approximate surface area is 221 Å². The van der Waals surface area contributed by atoms with Gasteiger partial charge in [0.2, 0.25) is 0 Å². The largest absolute Gasteiger partial charge is 0.493 e. The average Bonchev–Trinajstić information content (AvgIpc) is 2.91. The van der Waals surface area contributed by atoms with Crippen molar-refractivity contribution in [1.29, 1.82) is 0 Å². The molecule has 3 rings (SSSR count). The molecule has 10 heteroatoms. The van der Waals surface area contributed by atoms with E-state index in [-0.39, 0.29) is 12.5 Å². The van der Waals surface area contributed by atoms with E-state index in [1.165, 1.54) is 13.3 Å². The van der Waals surface area contributed by atoms with Crippen LogP contribution >= 0.6 is 0 Å². The lowest BCUT2D eigenvalue weighted by Gasteiger charge is -2.13. The Kier molecular flexibility index (Phi) is 9.81. The number of carbonyl (C=O) groups excluding carboxylic acids is 3. The normalized spacial score (nSPS) is 10.5. The van der Waals surface area contributed by atoms with Gasteiger partial charge in [0.15, 0.2) is 18.1 Å². The van der Waals surface area contributed by atoms with E-state index < -0.39 is 11.8 Å². The fraction of sp³-hybridized carbons (Fsp3) is 0.214. The van der Waals surface area contributed by atoms with Gasteiger partial charge in [-0.05, 0) is 73.9 Å². The predicted molar refractivity (Wildman–Crippen MR) is 145 cm³/mol. The lowest BCUT2D eigenvalue weighted by atomic mass is 10.1. The molecule has 3 aromatic rings. The fourth-order valence-electron chi connectivity index (χ4n) is 3.35. The summed E-state index contributed by atoms with van der Waals surface area (Å²) in [6.45, 7) is 5.93. The van der Waals surface area contributed by atoms with E-state index >= 15 is 0 Å². The number of hydrazone groups is 1. The van der Waals surface area contributed by atoms with Gasteiger partial charge in [-0.2, -0.15) is 5.10 Å². The fourth-order valence-corrected chi connectivity index (χ4v) is 3.35. The summed E-state index contributed by atoms with van der Waals surface area (Å²) in [5.41, 5.74) is 5.91. The number of nitrogens with one attached hydrogen (secondary N) is 3. The SMILES string of the molecule is CCOc1ccccc1NC(=O)C(=O)N/N=C\c1ccc(OCC(=O)Nc2cccc(C)c2C)c(OC)c1. The van der Waals surface area contributed by atoms with Crippen molar-refractivity contribution < 1.29 is 28.6 Å². The number of amides is 3. The number of benzene rings is 3. The summed E-state index contributed by atoms with van der Waals surface area (Å²) >= 11 is 0. The molecule has 0 heterocycles. The molecule has 0 radical (unpaired) electrons. The minimum Gasteiger partial charge on any atom is -0.493 e. The molecule has 198 valence electrons. The molecule has 0 atom stereocenters. The maximum Gasteiger partial charge on any atom is 0.329 e. The molecule has 3 N–H and O–H groups in total. The van der Waals surface area contributed by atoms with E-state index in [1.54, 1.807) is 42.5 Å². The summed E-state index contributed by atoms with van der Waals surface area (Å²) in [7, 11) is 1.46. The summed E-state index contributed by atoms with van der Waals surface area (Å²) in [5.74, 6) is -0.973. The van der Waals surface area contributed by atoms with Crippen molar-refractivity contribution in [3.63, 3.8) is 0 Å². The van der Waals surface area contributed by atoms with Crippen LogP contribution in [0, 0.1) is 13.8 Å². The van der Waals surface area contributed by atoms with Crippen LogP contribution in [0.3, 0.4) is 0 Å². The molecule has 0 aliphatic heterocycles. The topological polar surface area (TPSA) is 127 Å². The third-order valence-electron chi connectivity index (χ3n) is 5.45. The van der Waals surface area contributed by atoms with E-state index in [4.69, 9.17) is 14.2 Å². The lowest BCUT2D eigenvalue weighted by molar-refractivity contribution is -0.136. The Morgan fingerprint density at radius 1 is 0.842 bits per heavy atom. The van der Waals surface area contributed by atoms with Gasteiger partial charge in [-0.25, -0.2) is 5.43 Å². The highest BCUT2D eigenvalue weighted by Gasteiger charge is 2.15. The number of rotatable bonds is 10. The van der Waals surface area contributed by atoms with E-state index in [0.29, 0.717) is 35.1 Å². The van der Waals surface area contributed by atoms with Crippen molar-refractivity contribution in [3.05, 3.63) is 77.4 Å². The van der Waals surface area contributed by atoms with Crippen LogP contribution in [-0.4, -0.2) is 44.3 Å². The number of methoxy groups -OCH3 is 1. The molecule has 38 heavy (non-hydrogen) atoms. The summed E-state index contributed by atoms with van der Waals surface area (Å²) in [6.07, 6.45) is 1.35. The average molecular weight is 519 g/mol. The number of carbonyl (C=O) groups is 3. The molecular weight excluding hydrogens is 488 g/mol. The first-order valence-electron chi connectivity index (χ1n) is 11.9. The third-order valence-corrected chi connectivity index (χ3v) is 5.45. The first kappa shape index (κ1) is 27.7. The number of hydrogen-bond donors (Lipinski definition) is 3. The first-order chi connectivity index (χ1) is 18.3. The van der Waals surface area contributed by atoms with Crippen LogP contribution in [0.1, 0.15) is 23.6 Å². The molecule has 0 unspecified atom stereocenters.